The van der Waals surface area contributed by atoms with Crippen LogP contribution >= 0.6 is 0 Å². The number of aliphatic imine (C=N–C) groups is 1. The van der Waals surface area contributed by atoms with Crippen molar-refractivity contribution in [2.75, 3.05) is 14.1 Å². The molecule has 0 saturated heterocycles. The molecule has 0 atom stereocenters. The highest BCUT2D eigenvalue weighted by molar-refractivity contribution is 6.03. The first kappa shape index (κ1) is 15.7. The second kappa shape index (κ2) is 7.10. The van der Waals surface area contributed by atoms with Gasteiger partial charge in [0.2, 0.25) is 0 Å². The van der Waals surface area contributed by atoms with Crippen LogP contribution in [0, 0.1) is 5.92 Å². The SMILES string of the molecule is C=CN=C(C)C(/C(=C\C)C(C)C)=C(\C)N(C)C. The second-order valence-electron chi connectivity index (χ2n) is 4.65. The Kier molecular flexibility index (Phi) is 6.55. The molecule has 0 aromatic heterocycles. The van der Waals surface area contributed by atoms with Gasteiger partial charge >= 0.3 is 0 Å². The summed E-state index contributed by atoms with van der Waals surface area (Å²) in [4.78, 5) is 6.46. The lowest BCUT2D eigenvalue weighted by atomic mass is 9.90. The first-order valence-electron chi connectivity index (χ1n) is 6.07. The molecule has 0 aliphatic rings. The summed E-state index contributed by atoms with van der Waals surface area (Å²) in [5.74, 6) is 0.486. The zero-order valence-electron chi connectivity index (χ0n) is 12.3. The maximum Gasteiger partial charge on any atom is 0.0464 e. The molecule has 0 heterocycles. The van der Waals surface area contributed by atoms with Gasteiger partial charge in [0.15, 0.2) is 0 Å². The van der Waals surface area contributed by atoms with E-state index < -0.39 is 0 Å². The second-order valence-corrected chi connectivity index (χ2v) is 4.65. The minimum Gasteiger partial charge on any atom is -0.381 e. The van der Waals surface area contributed by atoms with Gasteiger partial charge in [-0.1, -0.05) is 26.5 Å². The van der Waals surface area contributed by atoms with Gasteiger partial charge in [-0.15, -0.1) is 0 Å². The van der Waals surface area contributed by atoms with Gasteiger partial charge in [-0.3, -0.25) is 4.99 Å². The van der Waals surface area contributed by atoms with E-state index in [9.17, 15) is 0 Å². The molecule has 0 bridgehead atoms. The number of hydrogen-bond acceptors (Lipinski definition) is 2. The van der Waals surface area contributed by atoms with E-state index in [0.29, 0.717) is 5.92 Å². The van der Waals surface area contributed by atoms with Crippen LogP contribution in [0.5, 0.6) is 0 Å². The van der Waals surface area contributed by atoms with Crippen LogP contribution in [-0.4, -0.2) is 24.7 Å². The molecule has 0 aromatic rings. The first-order valence-corrected chi connectivity index (χ1v) is 6.07. The van der Waals surface area contributed by atoms with Crippen molar-refractivity contribution in [2.24, 2.45) is 10.9 Å². The maximum absolute atomic E-state index is 4.33. The number of rotatable bonds is 5. The van der Waals surface area contributed by atoms with Crippen molar-refractivity contribution < 1.29 is 0 Å². The van der Waals surface area contributed by atoms with E-state index in [0.717, 1.165) is 5.71 Å². The summed E-state index contributed by atoms with van der Waals surface area (Å²) in [5.41, 5.74) is 4.81. The topological polar surface area (TPSA) is 15.6 Å². The summed E-state index contributed by atoms with van der Waals surface area (Å²) >= 11 is 0. The van der Waals surface area contributed by atoms with E-state index in [1.807, 2.05) is 6.92 Å². The summed E-state index contributed by atoms with van der Waals surface area (Å²) in [6.07, 6.45) is 3.78. The van der Waals surface area contributed by atoms with Gasteiger partial charge in [-0.25, -0.2) is 0 Å². The van der Waals surface area contributed by atoms with Crippen LogP contribution in [0.1, 0.15) is 34.6 Å². The van der Waals surface area contributed by atoms with Crippen LogP contribution in [0.3, 0.4) is 0 Å². The Labute approximate surface area is 106 Å². The molecular formula is C15H26N2. The Balaban J connectivity index is 5.82. The van der Waals surface area contributed by atoms with E-state index in [1.54, 1.807) is 6.20 Å². The van der Waals surface area contributed by atoms with Crippen LogP contribution in [0.25, 0.3) is 0 Å². The largest absolute Gasteiger partial charge is 0.381 e. The minimum absolute atomic E-state index is 0.486. The molecule has 17 heavy (non-hydrogen) atoms. The molecule has 0 aliphatic carbocycles. The fourth-order valence-corrected chi connectivity index (χ4v) is 1.87. The predicted octanol–water partition coefficient (Wildman–Crippen LogP) is 4.03. The van der Waals surface area contributed by atoms with Crippen LogP contribution in [0.2, 0.25) is 0 Å². The van der Waals surface area contributed by atoms with E-state index in [-0.39, 0.29) is 0 Å². The molecule has 0 saturated carbocycles. The fraction of sp³-hybridized carbons (Fsp3) is 0.533. The van der Waals surface area contributed by atoms with Crippen LogP contribution in [0.15, 0.2) is 40.7 Å². The lowest BCUT2D eigenvalue weighted by Gasteiger charge is -2.23. The summed E-state index contributed by atoms with van der Waals surface area (Å²) in [5, 5.41) is 0. The number of allylic oxidation sites excluding steroid dienone is 4. The molecule has 2 nitrogen and oxygen atoms in total. The quantitative estimate of drug-likeness (QED) is 0.518. The summed E-state index contributed by atoms with van der Waals surface area (Å²) in [6, 6.07) is 0. The minimum atomic E-state index is 0.486. The van der Waals surface area contributed by atoms with Crippen molar-refractivity contribution in [3.05, 3.63) is 35.7 Å². The molecule has 0 rings (SSSR count). The zero-order valence-corrected chi connectivity index (χ0v) is 12.3. The molecule has 0 aromatic carbocycles. The maximum atomic E-state index is 4.33. The monoisotopic (exact) mass is 234 g/mol. The van der Waals surface area contributed by atoms with E-state index in [4.69, 9.17) is 0 Å². The van der Waals surface area contributed by atoms with E-state index in [1.165, 1.54) is 16.8 Å². The molecule has 0 aliphatic heterocycles. The Morgan fingerprint density at radius 1 is 1.24 bits per heavy atom. The summed E-state index contributed by atoms with van der Waals surface area (Å²) < 4.78 is 0. The highest BCUT2D eigenvalue weighted by Crippen LogP contribution is 2.25. The summed E-state index contributed by atoms with van der Waals surface area (Å²) in [6.45, 7) is 14.3. The Morgan fingerprint density at radius 2 is 1.76 bits per heavy atom. The Hall–Kier alpha value is -1.31. The van der Waals surface area contributed by atoms with Crippen LogP contribution in [0.4, 0.5) is 0 Å². The predicted molar refractivity (Wildman–Crippen MR) is 78.3 cm³/mol. The van der Waals surface area contributed by atoms with Gasteiger partial charge in [-0.2, -0.15) is 0 Å². The molecule has 96 valence electrons. The highest BCUT2D eigenvalue weighted by Gasteiger charge is 2.15. The molecule has 0 spiro atoms. The molecular weight excluding hydrogens is 208 g/mol. The Bertz CT molecular complexity index is 355. The van der Waals surface area contributed by atoms with Gasteiger partial charge in [0.1, 0.15) is 0 Å². The zero-order chi connectivity index (χ0) is 13.6. The van der Waals surface area contributed by atoms with Crippen LogP contribution < -0.4 is 0 Å². The molecule has 0 N–H and O–H groups in total. The average Bonchev–Trinajstić information content (AvgIpc) is 2.24. The lowest BCUT2D eigenvalue weighted by Crippen LogP contribution is -2.17. The van der Waals surface area contributed by atoms with Gasteiger partial charge in [-0.05, 0) is 32.3 Å². The smallest absolute Gasteiger partial charge is 0.0464 e. The van der Waals surface area contributed by atoms with Crippen molar-refractivity contribution in [1.29, 1.82) is 0 Å². The Morgan fingerprint density at radius 3 is 2.06 bits per heavy atom. The first-order chi connectivity index (χ1) is 7.86. The number of nitrogens with zero attached hydrogens (tertiary/aromatic N) is 2. The highest BCUT2D eigenvalue weighted by atomic mass is 15.1. The van der Waals surface area contributed by atoms with Gasteiger partial charge in [0.25, 0.3) is 0 Å². The van der Waals surface area contributed by atoms with E-state index >= 15 is 0 Å². The molecule has 0 fully saturated rings. The third-order valence-electron chi connectivity index (χ3n) is 2.90. The van der Waals surface area contributed by atoms with Crippen molar-refractivity contribution >= 4 is 5.71 Å². The normalized spacial score (nSPS) is 14.8. The fourth-order valence-electron chi connectivity index (χ4n) is 1.87. The van der Waals surface area contributed by atoms with Gasteiger partial charge in [0, 0.05) is 37.3 Å². The third-order valence-corrected chi connectivity index (χ3v) is 2.90. The van der Waals surface area contributed by atoms with E-state index in [2.05, 4.69) is 64.3 Å². The van der Waals surface area contributed by atoms with Gasteiger partial charge in [0.05, 0.1) is 0 Å². The van der Waals surface area contributed by atoms with Crippen molar-refractivity contribution in [1.82, 2.24) is 4.90 Å². The van der Waals surface area contributed by atoms with Crippen molar-refractivity contribution in [2.45, 2.75) is 34.6 Å². The van der Waals surface area contributed by atoms with Crippen LogP contribution in [-0.2, 0) is 0 Å². The number of hydrogen-bond donors (Lipinski definition) is 0. The lowest BCUT2D eigenvalue weighted by molar-refractivity contribution is 0.509. The molecule has 0 radical (unpaired) electrons. The average molecular weight is 234 g/mol. The van der Waals surface area contributed by atoms with Crippen molar-refractivity contribution in [3.8, 4) is 0 Å². The molecule has 0 amide bonds. The third kappa shape index (κ3) is 4.22. The van der Waals surface area contributed by atoms with Crippen molar-refractivity contribution in [3.63, 3.8) is 0 Å². The standard InChI is InChI=1S/C15H26N2/c1-9-14(11(3)4)15(12(5)16-10-2)13(6)17(7)8/h9-11H,2H2,1,3-8H3/b14-9-,15-13-,16-12?. The molecule has 2 heteroatoms. The molecule has 0 unspecified atom stereocenters. The summed E-state index contributed by atoms with van der Waals surface area (Å²) in [7, 11) is 4.12. The van der Waals surface area contributed by atoms with Gasteiger partial charge < -0.3 is 4.90 Å².